The molecular formula is C23H26F3N3O3. The van der Waals surface area contributed by atoms with Crippen LogP contribution >= 0.6 is 0 Å². The molecule has 0 radical (unpaired) electrons. The minimum absolute atomic E-state index is 0.0167. The van der Waals surface area contributed by atoms with Crippen molar-refractivity contribution in [2.45, 2.75) is 58.4 Å². The number of nitrogens with zero attached hydrogens (tertiary/aromatic N) is 1. The number of hydrogen-bond donors (Lipinski definition) is 2. The SMILES string of the molecule is Cc1cc(NC(=O)c2c(C)c(C(=O)C(=O)NC3CCCC(F)(F)C3)n(C)c2C)ccc1F. The minimum Gasteiger partial charge on any atom is -0.346 e. The lowest BCUT2D eigenvalue weighted by Gasteiger charge is -2.29. The highest BCUT2D eigenvalue weighted by atomic mass is 19.3. The third-order valence-corrected chi connectivity index (χ3v) is 5.97. The molecule has 0 bridgehead atoms. The van der Waals surface area contributed by atoms with Crippen molar-refractivity contribution in [2.24, 2.45) is 7.05 Å². The molecule has 2 N–H and O–H groups in total. The Kier molecular flexibility index (Phi) is 6.48. The average Bonchev–Trinajstić information content (AvgIpc) is 2.92. The summed E-state index contributed by atoms with van der Waals surface area (Å²) in [5.74, 6) is -5.63. The fraction of sp³-hybridized carbons (Fsp3) is 0.435. The van der Waals surface area contributed by atoms with Gasteiger partial charge >= 0.3 is 0 Å². The third kappa shape index (κ3) is 4.71. The van der Waals surface area contributed by atoms with E-state index in [9.17, 15) is 27.6 Å². The van der Waals surface area contributed by atoms with Crippen LogP contribution < -0.4 is 10.6 Å². The summed E-state index contributed by atoms with van der Waals surface area (Å²) in [6.07, 6.45) is -0.0799. The first kappa shape index (κ1) is 23.6. The lowest BCUT2D eigenvalue weighted by atomic mass is 9.92. The Morgan fingerprint density at radius 2 is 1.84 bits per heavy atom. The molecule has 6 nitrogen and oxygen atoms in total. The molecule has 1 fully saturated rings. The Labute approximate surface area is 184 Å². The van der Waals surface area contributed by atoms with Crippen molar-refractivity contribution in [1.29, 1.82) is 0 Å². The zero-order chi connectivity index (χ0) is 23.8. The number of ketones is 1. The standard InChI is InChI=1S/C23H26F3N3O3/c1-12-10-15(7-8-17(12)24)27-21(31)18-13(2)19(29(4)14(18)3)20(30)22(32)28-16-6-5-9-23(25,26)11-16/h7-8,10,16H,5-6,9,11H2,1-4H3,(H,27,31)(H,28,32). The van der Waals surface area contributed by atoms with Crippen LogP contribution in [0, 0.1) is 26.6 Å². The van der Waals surface area contributed by atoms with Gasteiger partial charge in [0.25, 0.3) is 17.6 Å². The number of benzene rings is 1. The number of alkyl halides is 2. The Morgan fingerprint density at radius 1 is 1.16 bits per heavy atom. The van der Waals surface area contributed by atoms with Gasteiger partial charge in [0.2, 0.25) is 5.92 Å². The number of nitrogens with one attached hydrogen (secondary N) is 2. The molecule has 1 atom stereocenters. The van der Waals surface area contributed by atoms with Crippen LogP contribution in [-0.4, -0.2) is 34.1 Å². The van der Waals surface area contributed by atoms with Gasteiger partial charge in [-0.05, 0) is 62.9 Å². The predicted octanol–water partition coefficient (Wildman–Crippen LogP) is 4.22. The lowest BCUT2D eigenvalue weighted by Crippen LogP contribution is -2.45. The maximum absolute atomic E-state index is 13.6. The quantitative estimate of drug-likeness (QED) is 0.530. The zero-order valence-corrected chi connectivity index (χ0v) is 18.4. The van der Waals surface area contributed by atoms with Gasteiger partial charge < -0.3 is 15.2 Å². The van der Waals surface area contributed by atoms with E-state index in [1.807, 2.05) is 0 Å². The average molecular weight is 449 g/mol. The molecule has 172 valence electrons. The first-order valence-electron chi connectivity index (χ1n) is 10.4. The lowest BCUT2D eigenvalue weighted by molar-refractivity contribution is -0.119. The molecule has 1 heterocycles. The van der Waals surface area contributed by atoms with Crippen molar-refractivity contribution in [2.75, 3.05) is 5.32 Å². The Morgan fingerprint density at radius 3 is 2.47 bits per heavy atom. The number of anilines is 1. The maximum atomic E-state index is 13.6. The topological polar surface area (TPSA) is 80.2 Å². The number of Topliss-reactive ketones (excluding diaryl/α,β-unsaturated/α-hetero) is 1. The molecule has 0 aliphatic heterocycles. The van der Waals surface area contributed by atoms with Crippen LogP contribution in [-0.2, 0) is 11.8 Å². The molecule has 9 heteroatoms. The number of amides is 2. The molecule has 3 rings (SSSR count). The second kappa shape index (κ2) is 8.80. The van der Waals surface area contributed by atoms with E-state index in [4.69, 9.17) is 0 Å². The van der Waals surface area contributed by atoms with Gasteiger partial charge in [-0.15, -0.1) is 0 Å². The minimum atomic E-state index is -2.86. The van der Waals surface area contributed by atoms with Gasteiger partial charge in [0.1, 0.15) is 5.82 Å². The summed E-state index contributed by atoms with van der Waals surface area (Å²) >= 11 is 0. The van der Waals surface area contributed by atoms with E-state index >= 15 is 0 Å². The second-order valence-electron chi connectivity index (χ2n) is 8.36. The first-order chi connectivity index (χ1) is 14.9. The largest absolute Gasteiger partial charge is 0.346 e. The normalized spacial score (nSPS) is 17.7. The molecular weight excluding hydrogens is 423 g/mol. The second-order valence-corrected chi connectivity index (χ2v) is 8.36. The molecule has 0 saturated heterocycles. The van der Waals surface area contributed by atoms with E-state index in [1.54, 1.807) is 27.8 Å². The molecule has 1 saturated carbocycles. The molecule has 1 aromatic heterocycles. The third-order valence-electron chi connectivity index (χ3n) is 5.97. The summed E-state index contributed by atoms with van der Waals surface area (Å²) in [4.78, 5) is 38.3. The van der Waals surface area contributed by atoms with E-state index < -0.39 is 41.8 Å². The van der Waals surface area contributed by atoms with E-state index in [0.29, 0.717) is 28.9 Å². The van der Waals surface area contributed by atoms with E-state index in [0.717, 1.165) is 0 Å². The summed E-state index contributed by atoms with van der Waals surface area (Å²) < 4.78 is 42.2. The van der Waals surface area contributed by atoms with Crippen molar-refractivity contribution >= 4 is 23.3 Å². The summed E-state index contributed by atoms with van der Waals surface area (Å²) in [6, 6.07) is 3.37. The Bertz CT molecular complexity index is 1090. The van der Waals surface area contributed by atoms with Crippen LogP contribution in [0.15, 0.2) is 18.2 Å². The van der Waals surface area contributed by atoms with Crippen molar-refractivity contribution in [3.8, 4) is 0 Å². The highest BCUT2D eigenvalue weighted by Gasteiger charge is 2.38. The van der Waals surface area contributed by atoms with E-state index in [1.165, 1.54) is 22.8 Å². The molecule has 1 aliphatic carbocycles. The molecule has 32 heavy (non-hydrogen) atoms. The number of aryl methyl sites for hydroxylation is 1. The number of aromatic nitrogens is 1. The predicted molar refractivity (Wildman–Crippen MR) is 114 cm³/mol. The molecule has 1 unspecified atom stereocenters. The van der Waals surface area contributed by atoms with Crippen molar-refractivity contribution in [3.05, 3.63) is 52.1 Å². The van der Waals surface area contributed by atoms with Crippen LogP contribution in [0.1, 0.15) is 63.4 Å². The molecule has 2 amide bonds. The summed E-state index contributed by atoms with van der Waals surface area (Å²) in [7, 11) is 1.55. The summed E-state index contributed by atoms with van der Waals surface area (Å²) in [6.45, 7) is 4.75. The van der Waals surface area contributed by atoms with Gasteiger partial charge in [-0.1, -0.05) is 0 Å². The molecule has 0 spiro atoms. The number of halogens is 3. The van der Waals surface area contributed by atoms with Crippen molar-refractivity contribution in [1.82, 2.24) is 9.88 Å². The van der Waals surface area contributed by atoms with Crippen LogP contribution in [0.25, 0.3) is 0 Å². The summed E-state index contributed by atoms with van der Waals surface area (Å²) in [5.41, 5.74) is 1.75. The van der Waals surface area contributed by atoms with Gasteiger partial charge in [-0.3, -0.25) is 14.4 Å². The molecule has 1 aliphatic rings. The van der Waals surface area contributed by atoms with Crippen LogP contribution in [0.5, 0.6) is 0 Å². The van der Waals surface area contributed by atoms with Gasteiger partial charge in [-0.2, -0.15) is 0 Å². The number of rotatable bonds is 5. The van der Waals surface area contributed by atoms with Crippen molar-refractivity contribution < 1.29 is 27.6 Å². The van der Waals surface area contributed by atoms with Gasteiger partial charge in [0, 0.05) is 37.3 Å². The van der Waals surface area contributed by atoms with Gasteiger partial charge in [0.05, 0.1) is 11.3 Å². The fourth-order valence-electron chi connectivity index (χ4n) is 4.20. The van der Waals surface area contributed by atoms with Crippen molar-refractivity contribution in [3.63, 3.8) is 0 Å². The fourth-order valence-corrected chi connectivity index (χ4v) is 4.20. The van der Waals surface area contributed by atoms with Crippen LogP contribution in [0.4, 0.5) is 18.9 Å². The smallest absolute Gasteiger partial charge is 0.294 e. The molecule has 2 aromatic rings. The van der Waals surface area contributed by atoms with Crippen LogP contribution in [0.2, 0.25) is 0 Å². The van der Waals surface area contributed by atoms with E-state index in [-0.39, 0.29) is 24.1 Å². The number of carbonyl (C=O) groups is 3. The molecule has 1 aromatic carbocycles. The highest BCUT2D eigenvalue weighted by Crippen LogP contribution is 2.33. The van der Waals surface area contributed by atoms with Crippen LogP contribution in [0.3, 0.4) is 0 Å². The monoisotopic (exact) mass is 449 g/mol. The van der Waals surface area contributed by atoms with E-state index in [2.05, 4.69) is 10.6 Å². The first-order valence-corrected chi connectivity index (χ1v) is 10.4. The number of hydrogen-bond acceptors (Lipinski definition) is 3. The maximum Gasteiger partial charge on any atom is 0.294 e. The highest BCUT2D eigenvalue weighted by molar-refractivity contribution is 6.43. The number of carbonyl (C=O) groups excluding carboxylic acids is 3. The zero-order valence-electron chi connectivity index (χ0n) is 18.4. The summed E-state index contributed by atoms with van der Waals surface area (Å²) in [5, 5.41) is 5.10. The Hall–Kier alpha value is -3.10. The Balaban J connectivity index is 1.81. The van der Waals surface area contributed by atoms with Gasteiger partial charge in [-0.25, -0.2) is 13.2 Å². The van der Waals surface area contributed by atoms with Gasteiger partial charge in [0.15, 0.2) is 0 Å².